The van der Waals surface area contributed by atoms with Gasteiger partial charge in [-0.3, -0.25) is 14.6 Å². The van der Waals surface area contributed by atoms with Crippen molar-refractivity contribution in [2.24, 2.45) is 11.3 Å². The van der Waals surface area contributed by atoms with Gasteiger partial charge in [0.25, 0.3) is 0 Å². The molecule has 2 fully saturated rings. The Morgan fingerprint density at radius 3 is 2.59 bits per heavy atom. The summed E-state index contributed by atoms with van der Waals surface area (Å²) in [5.41, 5.74) is 2.82. The molecule has 1 saturated carbocycles. The number of hydrogen-bond acceptors (Lipinski definition) is 3. The number of piperidine rings is 1. The van der Waals surface area contributed by atoms with Gasteiger partial charge in [-0.15, -0.1) is 0 Å². The van der Waals surface area contributed by atoms with Gasteiger partial charge >= 0.3 is 0 Å². The Labute approximate surface area is 172 Å². The highest BCUT2D eigenvalue weighted by molar-refractivity contribution is 5.86. The van der Waals surface area contributed by atoms with Gasteiger partial charge in [0.2, 0.25) is 11.8 Å². The van der Waals surface area contributed by atoms with E-state index >= 15 is 0 Å². The number of pyridine rings is 1. The molecule has 1 aliphatic heterocycles. The summed E-state index contributed by atoms with van der Waals surface area (Å²) in [5, 5.41) is 0. The molecule has 0 N–H and O–H groups in total. The first-order valence-corrected chi connectivity index (χ1v) is 10.5. The van der Waals surface area contributed by atoms with Crippen LogP contribution in [0.2, 0.25) is 0 Å². The first-order chi connectivity index (χ1) is 14.0. The molecule has 0 unspecified atom stereocenters. The van der Waals surface area contributed by atoms with Crippen LogP contribution in [0, 0.1) is 11.3 Å². The Bertz CT molecular complexity index is 892. The molecule has 2 aromatic rings. The third-order valence-corrected chi connectivity index (χ3v) is 6.16. The first-order valence-electron chi connectivity index (χ1n) is 10.5. The highest BCUT2D eigenvalue weighted by Gasteiger charge is 2.46. The van der Waals surface area contributed by atoms with E-state index in [4.69, 9.17) is 0 Å². The normalized spacial score (nSPS) is 21.7. The van der Waals surface area contributed by atoms with Gasteiger partial charge in [0.1, 0.15) is 0 Å². The Morgan fingerprint density at radius 2 is 1.90 bits per heavy atom. The minimum atomic E-state index is -0.552. The molecule has 2 aliphatic rings. The minimum absolute atomic E-state index is 0.125. The van der Waals surface area contributed by atoms with E-state index in [0.29, 0.717) is 13.0 Å². The molecule has 1 saturated heterocycles. The van der Waals surface area contributed by atoms with Gasteiger partial charge in [-0.25, -0.2) is 0 Å². The van der Waals surface area contributed by atoms with Gasteiger partial charge in [-0.05, 0) is 60.9 Å². The number of nitrogens with zero attached hydrogens (tertiary/aromatic N) is 3. The molecule has 5 heteroatoms. The van der Waals surface area contributed by atoms with Crippen molar-refractivity contribution in [2.75, 3.05) is 27.2 Å². The van der Waals surface area contributed by atoms with E-state index in [1.807, 2.05) is 31.1 Å². The molecule has 5 nitrogen and oxygen atoms in total. The van der Waals surface area contributed by atoms with Crippen molar-refractivity contribution in [1.82, 2.24) is 14.8 Å². The smallest absolute Gasteiger partial charge is 0.230 e. The zero-order chi connectivity index (χ0) is 20.4. The second kappa shape index (κ2) is 7.97. The molecule has 2 heterocycles. The van der Waals surface area contributed by atoms with Gasteiger partial charge in [-0.1, -0.05) is 24.3 Å². The molecule has 0 radical (unpaired) electrons. The van der Waals surface area contributed by atoms with E-state index < -0.39 is 5.41 Å². The van der Waals surface area contributed by atoms with E-state index in [-0.39, 0.29) is 17.7 Å². The summed E-state index contributed by atoms with van der Waals surface area (Å²) in [6, 6.07) is 12.4. The molecule has 1 aromatic heterocycles. The number of hydrogen-bond donors (Lipinski definition) is 0. The number of rotatable bonds is 5. The van der Waals surface area contributed by atoms with Crippen molar-refractivity contribution in [1.29, 1.82) is 0 Å². The second-order valence-corrected chi connectivity index (χ2v) is 8.73. The number of benzene rings is 1. The molecular weight excluding hydrogens is 362 g/mol. The van der Waals surface area contributed by atoms with Crippen LogP contribution in [0.4, 0.5) is 0 Å². The lowest BCUT2D eigenvalue weighted by Gasteiger charge is -2.43. The molecule has 4 rings (SSSR count). The zero-order valence-corrected chi connectivity index (χ0v) is 17.3. The number of amides is 2. The summed E-state index contributed by atoms with van der Waals surface area (Å²) in [6.45, 7) is 1.30. The summed E-state index contributed by atoms with van der Waals surface area (Å²) in [6.07, 6.45) is 7.93. The van der Waals surface area contributed by atoms with Gasteiger partial charge < -0.3 is 9.80 Å². The quantitative estimate of drug-likeness (QED) is 0.785. The molecule has 1 aromatic carbocycles. The van der Waals surface area contributed by atoms with Gasteiger partial charge in [0, 0.05) is 45.5 Å². The fraction of sp³-hybridized carbons (Fsp3) is 0.458. The van der Waals surface area contributed by atoms with E-state index in [1.165, 1.54) is 0 Å². The largest absolute Gasteiger partial charge is 0.348 e. The highest BCUT2D eigenvalue weighted by Crippen LogP contribution is 2.39. The fourth-order valence-electron chi connectivity index (χ4n) is 4.57. The Kier molecular flexibility index (Phi) is 5.39. The number of likely N-dealkylation sites (tertiary alicyclic amines) is 1. The lowest BCUT2D eigenvalue weighted by molar-refractivity contribution is -0.147. The van der Waals surface area contributed by atoms with E-state index in [2.05, 4.69) is 29.2 Å². The molecule has 1 atom stereocenters. The molecule has 152 valence electrons. The van der Waals surface area contributed by atoms with Crippen molar-refractivity contribution in [3.8, 4) is 11.1 Å². The molecular formula is C24H29N3O2. The van der Waals surface area contributed by atoms with E-state index in [9.17, 15) is 9.59 Å². The molecule has 0 bridgehead atoms. The monoisotopic (exact) mass is 391 g/mol. The predicted octanol–water partition coefficient (Wildman–Crippen LogP) is 3.40. The van der Waals surface area contributed by atoms with Crippen molar-refractivity contribution in [3.05, 3.63) is 54.4 Å². The lowest BCUT2D eigenvalue weighted by atomic mass is 9.73. The first kappa shape index (κ1) is 19.6. The van der Waals surface area contributed by atoms with E-state index in [0.717, 1.165) is 48.9 Å². The average Bonchev–Trinajstić information content (AvgIpc) is 3.59. The maximum atomic E-state index is 13.3. The zero-order valence-electron chi connectivity index (χ0n) is 17.3. The van der Waals surface area contributed by atoms with Crippen LogP contribution in [0.5, 0.6) is 0 Å². The third kappa shape index (κ3) is 4.19. The summed E-state index contributed by atoms with van der Waals surface area (Å²) in [5.74, 6) is 0.557. The topological polar surface area (TPSA) is 53.5 Å². The maximum Gasteiger partial charge on any atom is 0.230 e. The SMILES string of the molecule is CN(C)C(=O)[C@]1(Cc2cccc(-c3ccncc3)c2)CCCN(C(=O)C2CC2)C1. The van der Waals surface area contributed by atoms with Crippen LogP contribution in [-0.2, 0) is 16.0 Å². The van der Waals surface area contributed by atoms with Gasteiger partial charge in [0.05, 0.1) is 5.41 Å². The number of carbonyl (C=O) groups excluding carboxylic acids is 2. The predicted molar refractivity (Wildman–Crippen MR) is 113 cm³/mol. The van der Waals surface area contributed by atoms with Crippen LogP contribution in [0.3, 0.4) is 0 Å². The average molecular weight is 392 g/mol. The Hall–Kier alpha value is -2.69. The third-order valence-electron chi connectivity index (χ3n) is 6.16. The van der Waals surface area contributed by atoms with Crippen LogP contribution < -0.4 is 0 Å². The summed E-state index contributed by atoms with van der Waals surface area (Å²) < 4.78 is 0. The molecule has 1 aliphatic carbocycles. The van der Waals surface area contributed by atoms with E-state index in [1.54, 1.807) is 17.3 Å². The van der Waals surface area contributed by atoms with Crippen molar-refractivity contribution >= 4 is 11.8 Å². The molecule has 2 amide bonds. The van der Waals surface area contributed by atoms with Gasteiger partial charge in [-0.2, -0.15) is 0 Å². The van der Waals surface area contributed by atoms with Crippen molar-refractivity contribution in [3.63, 3.8) is 0 Å². The minimum Gasteiger partial charge on any atom is -0.348 e. The Balaban J connectivity index is 1.62. The van der Waals surface area contributed by atoms with Crippen LogP contribution in [0.1, 0.15) is 31.2 Å². The van der Waals surface area contributed by atoms with Crippen LogP contribution in [-0.4, -0.2) is 53.8 Å². The summed E-state index contributed by atoms with van der Waals surface area (Å²) in [4.78, 5) is 33.8. The van der Waals surface area contributed by atoms with Crippen molar-refractivity contribution in [2.45, 2.75) is 32.1 Å². The molecule has 29 heavy (non-hydrogen) atoms. The van der Waals surface area contributed by atoms with Gasteiger partial charge in [0.15, 0.2) is 0 Å². The van der Waals surface area contributed by atoms with Crippen molar-refractivity contribution < 1.29 is 9.59 Å². The highest BCUT2D eigenvalue weighted by atomic mass is 16.2. The maximum absolute atomic E-state index is 13.3. The summed E-state index contributed by atoms with van der Waals surface area (Å²) in [7, 11) is 3.64. The summed E-state index contributed by atoms with van der Waals surface area (Å²) >= 11 is 0. The van der Waals surface area contributed by atoms with Crippen LogP contribution >= 0.6 is 0 Å². The Morgan fingerprint density at radius 1 is 1.14 bits per heavy atom. The second-order valence-electron chi connectivity index (χ2n) is 8.73. The number of carbonyl (C=O) groups is 2. The number of aromatic nitrogens is 1. The molecule has 0 spiro atoms. The van der Waals surface area contributed by atoms with Crippen LogP contribution in [0.25, 0.3) is 11.1 Å². The lowest BCUT2D eigenvalue weighted by Crippen LogP contribution is -2.54. The standard InChI is InChI=1S/C24H29N3O2/c1-26(2)23(29)24(11-4-14-27(17-24)22(28)20-7-8-20)16-18-5-3-6-21(15-18)19-9-12-25-13-10-19/h3,5-6,9-10,12-13,15,20H,4,7-8,11,14,16-17H2,1-2H3/t24-/m0/s1. The fourth-order valence-corrected chi connectivity index (χ4v) is 4.57. The van der Waals surface area contributed by atoms with Crippen LogP contribution in [0.15, 0.2) is 48.8 Å².